The SMILES string of the molecule is CCc1ccc(C(=O)N/N=C/c2c(O)n(-c3ccccn3)c(=O)c3ccccc23)cc1. The molecule has 0 aliphatic rings. The number of carbonyl (C=O) groups is 1. The van der Waals surface area contributed by atoms with Crippen molar-refractivity contribution in [3.8, 4) is 11.7 Å². The summed E-state index contributed by atoms with van der Waals surface area (Å²) in [4.78, 5) is 29.5. The van der Waals surface area contributed by atoms with Gasteiger partial charge in [0.15, 0.2) is 0 Å². The van der Waals surface area contributed by atoms with Gasteiger partial charge in [-0.15, -0.1) is 0 Å². The van der Waals surface area contributed by atoms with E-state index >= 15 is 0 Å². The van der Waals surface area contributed by atoms with Gasteiger partial charge < -0.3 is 5.11 Å². The highest BCUT2D eigenvalue weighted by Gasteiger charge is 2.16. The molecule has 0 spiro atoms. The van der Waals surface area contributed by atoms with E-state index in [2.05, 4.69) is 15.5 Å². The highest BCUT2D eigenvalue weighted by atomic mass is 16.3. The number of hydrogen-bond donors (Lipinski definition) is 2. The number of hydrazone groups is 1. The zero-order valence-corrected chi connectivity index (χ0v) is 16.8. The van der Waals surface area contributed by atoms with Gasteiger partial charge in [-0.1, -0.05) is 43.3 Å². The van der Waals surface area contributed by atoms with Gasteiger partial charge in [0.1, 0.15) is 5.82 Å². The molecule has 0 radical (unpaired) electrons. The molecule has 4 rings (SSSR count). The summed E-state index contributed by atoms with van der Waals surface area (Å²) in [7, 11) is 0. The predicted octanol–water partition coefficient (Wildman–Crippen LogP) is 3.42. The van der Waals surface area contributed by atoms with Gasteiger partial charge in [0, 0.05) is 22.5 Å². The number of amides is 1. The summed E-state index contributed by atoms with van der Waals surface area (Å²) in [6, 6.07) is 19.2. The number of aryl methyl sites for hydroxylation is 1. The molecule has 2 aromatic heterocycles. The molecule has 0 atom stereocenters. The molecule has 0 unspecified atom stereocenters. The quantitative estimate of drug-likeness (QED) is 0.388. The summed E-state index contributed by atoms with van der Waals surface area (Å²) in [6.45, 7) is 2.04. The van der Waals surface area contributed by atoms with Crippen LogP contribution in [0, 0.1) is 0 Å². The first-order valence-corrected chi connectivity index (χ1v) is 9.80. The number of benzene rings is 2. The summed E-state index contributed by atoms with van der Waals surface area (Å²) in [6.07, 6.45) is 3.75. The monoisotopic (exact) mass is 412 g/mol. The Labute approximate surface area is 178 Å². The normalized spacial score (nSPS) is 11.1. The molecule has 2 heterocycles. The summed E-state index contributed by atoms with van der Waals surface area (Å²) < 4.78 is 1.12. The first-order chi connectivity index (χ1) is 15.1. The van der Waals surface area contributed by atoms with Gasteiger partial charge in [0.05, 0.1) is 11.8 Å². The van der Waals surface area contributed by atoms with E-state index in [-0.39, 0.29) is 17.6 Å². The molecule has 0 saturated carbocycles. The molecular weight excluding hydrogens is 392 g/mol. The molecule has 0 aliphatic heterocycles. The number of nitrogens with one attached hydrogen (secondary N) is 1. The van der Waals surface area contributed by atoms with Crippen LogP contribution >= 0.6 is 0 Å². The molecule has 154 valence electrons. The van der Waals surface area contributed by atoms with Crippen molar-refractivity contribution < 1.29 is 9.90 Å². The third-order valence-electron chi connectivity index (χ3n) is 4.97. The number of fused-ring (bicyclic) bond motifs is 1. The molecule has 0 bridgehead atoms. The second-order valence-electron chi connectivity index (χ2n) is 6.86. The van der Waals surface area contributed by atoms with Crippen molar-refractivity contribution in [3.05, 3.63) is 100.0 Å². The fourth-order valence-electron chi connectivity index (χ4n) is 3.30. The number of aromatic hydroxyl groups is 1. The van der Waals surface area contributed by atoms with Crippen LogP contribution in [0.3, 0.4) is 0 Å². The van der Waals surface area contributed by atoms with E-state index in [9.17, 15) is 14.7 Å². The van der Waals surface area contributed by atoms with Crippen LogP contribution in [0.15, 0.2) is 82.8 Å². The highest BCUT2D eigenvalue weighted by molar-refractivity contribution is 6.02. The molecule has 4 aromatic rings. The summed E-state index contributed by atoms with van der Waals surface area (Å²) in [5.74, 6) is -0.404. The molecule has 0 fully saturated rings. The molecule has 0 aliphatic carbocycles. The van der Waals surface area contributed by atoms with E-state index in [1.807, 2.05) is 19.1 Å². The topological polar surface area (TPSA) is 96.6 Å². The van der Waals surface area contributed by atoms with Crippen LogP contribution in [0.5, 0.6) is 5.88 Å². The minimum absolute atomic E-state index is 0.283. The largest absolute Gasteiger partial charge is 0.494 e. The number of aromatic nitrogens is 2. The van der Waals surface area contributed by atoms with E-state index in [4.69, 9.17) is 0 Å². The lowest BCUT2D eigenvalue weighted by molar-refractivity contribution is 0.0955. The first-order valence-electron chi connectivity index (χ1n) is 9.80. The Morgan fingerprint density at radius 1 is 1.06 bits per heavy atom. The van der Waals surface area contributed by atoms with Crippen LogP contribution in [0.25, 0.3) is 16.6 Å². The molecule has 1 amide bonds. The first kappa shape index (κ1) is 20.0. The summed E-state index contributed by atoms with van der Waals surface area (Å²) >= 11 is 0. The van der Waals surface area contributed by atoms with E-state index < -0.39 is 5.56 Å². The van der Waals surface area contributed by atoms with Gasteiger partial charge in [0.2, 0.25) is 5.88 Å². The van der Waals surface area contributed by atoms with Crippen LogP contribution in [0.4, 0.5) is 0 Å². The minimum atomic E-state index is -0.399. The van der Waals surface area contributed by atoms with E-state index in [1.165, 1.54) is 12.4 Å². The number of pyridine rings is 2. The third-order valence-corrected chi connectivity index (χ3v) is 4.97. The maximum Gasteiger partial charge on any atom is 0.271 e. The van der Waals surface area contributed by atoms with Crippen molar-refractivity contribution >= 4 is 22.9 Å². The van der Waals surface area contributed by atoms with Crippen molar-refractivity contribution in [2.75, 3.05) is 0 Å². The van der Waals surface area contributed by atoms with Gasteiger partial charge in [-0.2, -0.15) is 5.10 Å². The Bertz CT molecular complexity index is 1330. The lowest BCUT2D eigenvalue weighted by atomic mass is 10.1. The minimum Gasteiger partial charge on any atom is -0.494 e. The zero-order valence-electron chi connectivity index (χ0n) is 16.8. The molecule has 2 N–H and O–H groups in total. The standard InChI is InChI=1S/C24H20N4O3/c1-2-16-10-12-17(13-11-16)22(29)27-26-15-20-18-7-3-4-8-19(18)23(30)28(24(20)31)21-9-5-6-14-25-21/h3-15,31H,2H2,1H3,(H,27,29)/b26-15+. The number of carbonyl (C=O) groups excluding carboxylic acids is 1. The maximum atomic E-state index is 13.0. The molecule has 31 heavy (non-hydrogen) atoms. The van der Waals surface area contributed by atoms with E-state index in [0.717, 1.165) is 16.6 Å². The Hall–Kier alpha value is -4.26. The van der Waals surface area contributed by atoms with Gasteiger partial charge in [0.25, 0.3) is 11.5 Å². The van der Waals surface area contributed by atoms with Crippen LogP contribution in [-0.4, -0.2) is 26.8 Å². The lowest BCUT2D eigenvalue weighted by Crippen LogP contribution is -2.21. The van der Waals surface area contributed by atoms with Gasteiger partial charge >= 0.3 is 0 Å². The van der Waals surface area contributed by atoms with E-state index in [1.54, 1.807) is 54.6 Å². The smallest absolute Gasteiger partial charge is 0.271 e. The molecular formula is C24H20N4O3. The maximum absolute atomic E-state index is 13.0. The molecule has 7 heteroatoms. The Balaban J connectivity index is 1.73. The van der Waals surface area contributed by atoms with Gasteiger partial charge in [-0.25, -0.2) is 15.0 Å². The zero-order chi connectivity index (χ0) is 21.8. The number of nitrogens with zero attached hydrogens (tertiary/aromatic N) is 3. The lowest BCUT2D eigenvalue weighted by Gasteiger charge is -2.12. The molecule has 2 aromatic carbocycles. The average molecular weight is 412 g/mol. The second-order valence-corrected chi connectivity index (χ2v) is 6.86. The predicted molar refractivity (Wildman–Crippen MR) is 120 cm³/mol. The van der Waals surface area contributed by atoms with Crippen molar-refractivity contribution in [2.45, 2.75) is 13.3 Å². The Kier molecular flexibility index (Phi) is 5.57. The van der Waals surface area contributed by atoms with Crippen LogP contribution in [0.2, 0.25) is 0 Å². The van der Waals surface area contributed by atoms with Crippen molar-refractivity contribution in [1.82, 2.24) is 15.0 Å². The number of hydrogen-bond acceptors (Lipinski definition) is 5. The van der Waals surface area contributed by atoms with Crippen molar-refractivity contribution in [2.24, 2.45) is 5.10 Å². The van der Waals surface area contributed by atoms with Crippen molar-refractivity contribution in [3.63, 3.8) is 0 Å². The summed E-state index contributed by atoms with van der Waals surface area (Å²) in [5, 5.41) is 15.8. The fraction of sp³-hybridized carbons (Fsp3) is 0.0833. The Morgan fingerprint density at radius 3 is 2.45 bits per heavy atom. The number of rotatable bonds is 5. The van der Waals surface area contributed by atoms with E-state index in [0.29, 0.717) is 21.9 Å². The van der Waals surface area contributed by atoms with Crippen LogP contribution in [-0.2, 0) is 6.42 Å². The fourth-order valence-corrected chi connectivity index (χ4v) is 3.30. The average Bonchev–Trinajstić information content (AvgIpc) is 2.82. The van der Waals surface area contributed by atoms with Crippen LogP contribution in [0.1, 0.15) is 28.4 Å². The Morgan fingerprint density at radius 2 is 1.77 bits per heavy atom. The van der Waals surface area contributed by atoms with Crippen LogP contribution < -0.4 is 11.0 Å². The molecule has 0 saturated heterocycles. The van der Waals surface area contributed by atoms with Gasteiger partial charge in [-0.05, 0) is 42.3 Å². The summed E-state index contributed by atoms with van der Waals surface area (Å²) in [5.41, 5.74) is 3.97. The van der Waals surface area contributed by atoms with Crippen molar-refractivity contribution in [1.29, 1.82) is 0 Å². The third kappa shape index (κ3) is 3.93. The molecule has 7 nitrogen and oxygen atoms in total. The second kappa shape index (κ2) is 8.62. The van der Waals surface area contributed by atoms with Gasteiger partial charge in [-0.3, -0.25) is 9.59 Å². The highest BCUT2D eigenvalue weighted by Crippen LogP contribution is 2.25.